The van der Waals surface area contributed by atoms with Crippen LogP contribution in [0, 0.1) is 0 Å². The molecule has 0 amide bonds. The number of ether oxygens (including phenoxy) is 1. The predicted molar refractivity (Wildman–Crippen MR) is 78.1 cm³/mol. The number of hydrogen-bond donors (Lipinski definition) is 2. The average Bonchev–Trinajstić information content (AvgIpc) is 3.01. The van der Waals surface area contributed by atoms with Crippen molar-refractivity contribution in [2.75, 3.05) is 23.7 Å². The highest BCUT2D eigenvalue weighted by Crippen LogP contribution is 2.23. The Bertz CT molecular complexity index is 629. The van der Waals surface area contributed by atoms with Gasteiger partial charge in [-0.3, -0.25) is 0 Å². The van der Waals surface area contributed by atoms with Gasteiger partial charge in [-0.15, -0.1) is 0 Å². The Hall–Kier alpha value is -2.41. The van der Waals surface area contributed by atoms with Gasteiger partial charge in [-0.05, 0) is 30.5 Å². The summed E-state index contributed by atoms with van der Waals surface area (Å²) < 4.78 is 5.62. The van der Waals surface area contributed by atoms with Crippen LogP contribution in [0.1, 0.15) is 18.4 Å². The first-order valence-corrected chi connectivity index (χ1v) is 6.89. The third kappa shape index (κ3) is 3.19. The summed E-state index contributed by atoms with van der Waals surface area (Å²) in [4.78, 5) is 14.5. The summed E-state index contributed by atoms with van der Waals surface area (Å²) in [5, 5.41) is 9.14. The first-order valence-electron chi connectivity index (χ1n) is 6.89. The second-order valence-corrected chi connectivity index (χ2v) is 4.88. The lowest BCUT2D eigenvalue weighted by molar-refractivity contribution is 0.281. The van der Waals surface area contributed by atoms with Gasteiger partial charge in [-0.2, -0.15) is 15.0 Å². The molecule has 0 aliphatic carbocycles. The molecule has 0 saturated carbocycles. The van der Waals surface area contributed by atoms with Gasteiger partial charge in [0.2, 0.25) is 11.9 Å². The maximum absolute atomic E-state index is 9.14. The van der Waals surface area contributed by atoms with Crippen LogP contribution in [0.15, 0.2) is 24.3 Å². The molecule has 0 bridgehead atoms. The van der Waals surface area contributed by atoms with Crippen LogP contribution in [0.2, 0.25) is 0 Å². The molecular formula is C14H17N5O2. The van der Waals surface area contributed by atoms with Gasteiger partial charge in [0.15, 0.2) is 0 Å². The summed E-state index contributed by atoms with van der Waals surface area (Å²) in [5.74, 6) is 1.24. The highest BCUT2D eigenvalue weighted by molar-refractivity contribution is 5.38. The van der Waals surface area contributed by atoms with Gasteiger partial charge >= 0.3 is 6.01 Å². The Kier molecular flexibility index (Phi) is 3.83. The van der Waals surface area contributed by atoms with Crippen molar-refractivity contribution in [1.82, 2.24) is 15.0 Å². The number of benzene rings is 1. The molecule has 1 aliphatic rings. The molecule has 7 heteroatoms. The average molecular weight is 287 g/mol. The molecule has 3 rings (SSSR count). The fraction of sp³-hybridized carbons (Fsp3) is 0.357. The van der Waals surface area contributed by atoms with E-state index in [2.05, 4.69) is 19.9 Å². The van der Waals surface area contributed by atoms with Crippen LogP contribution in [-0.4, -0.2) is 33.1 Å². The van der Waals surface area contributed by atoms with E-state index in [-0.39, 0.29) is 18.6 Å². The second-order valence-electron chi connectivity index (χ2n) is 4.88. The number of hydrogen-bond acceptors (Lipinski definition) is 7. The van der Waals surface area contributed by atoms with Crippen LogP contribution in [0.4, 0.5) is 11.9 Å². The zero-order chi connectivity index (χ0) is 14.7. The van der Waals surface area contributed by atoms with Crippen LogP contribution in [0.25, 0.3) is 0 Å². The van der Waals surface area contributed by atoms with Crippen molar-refractivity contribution in [3.8, 4) is 11.8 Å². The van der Waals surface area contributed by atoms with Crippen molar-refractivity contribution in [2.24, 2.45) is 0 Å². The molecular weight excluding hydrogens is 270 g/mol. The Labute approximate surface area is 122 Å². The predicted octanol–water partition coefficient (Wildman–Crippen LogP) is 1.34. The number of nitrogens with zero attached hydrogens (tertiary/aromatic N) is 4. The molecule has 1 aromatic carbocycles. The molecule has 110 valence electrons. The Morgan fingerprint density at radius 2 is 2.00 bits per heavy atom. The van der Waals surface area contributed by atoms with Gasteiger partial charge in [-0.1, -0.05) is 12.1 Å². The number of aliphatic hydroxyl groups excluding tert-OH is 1. The van der Waals surface area contributed by atoms with Gasteiger partial charge in [0, 0.05) is 13.1 Å². The first kappa shape index (κ1) is 13.6. The Morgan fingerprint density at radius 1 is 1.19 bits per heavy atom. The number of aromatic nitrogens is 3. The molecule has 1 aromatic heterocycles. The van der Waals surface area contributed by atoms with E-state index in [0.717, 1.165) is 31.5 Å². The van der Waals surface area contributed by atoms with E-state index in [1.165, 1.54) is 0 Å². The summed E-state index contributed by atoms with van der Waals surface area (Å²) >= 11 is 0. The second kappa shape index (κ2) is 5.92. The van der Waals surface area contributed by atoms with Crippen LogP contribution in [-0.2, 0) is 6.61 Å². The summed E-state index contributed by atoms with van der Waals surface area (Å²) in [6, 6.07) is 7.28. The van der Waals surface area contributed by atoms with E-state index in [1.54, 1.807) is 18.2 Å². The minimum absolute atomic E-state index is 0.0461. The SMILES string of the molecule is Nc1nc(Oc2cccc(CO)c2)nc(N2CCCC2)n1. The van der Waals surface area contributed by atoms with Crippen LogP contribution < -0.4 is 15.4 Å². The molecule has 0 atom stereocenters. The molecule has 2 aromatic rings. The summed E-state index contributed by atoms with van der Waals surface area (Å²) in [6.45, 7) is 1.79. The van der Waals surface area contributed by atoms with Crippen molar-refractivity contribution in [3.05, 3.63) is 29.8 Å². The number of nitrogens with two attached hydrogens (primary N) is 1. The van der Waals surface area contributed by atoms with Crippen molar-refractivity contribution in [1.29, 1.82) is 0 Å². The zero-order valence-corrected chi connectivity index (χ0v) is 11.6. The number of aliphatic hydroxyl groups is 1. The van der Waals surface area contributed by atoms with Gasteiger partial charge < -0.3 is 20.5 Å². The highest BCUT2D eigenvalue weighted by Gasteiger charge is 2.17. The normalized spacial score (nSPS) is 14.4. The molecule has 1 fully saturated rings. The number of rotatable bonds is 4. The van der Waals surface area contributed by atoms with Gasteiger partial charge in [0.25, 0.3) is 0 Å². The minimum atomic E-state index is -0.0461. The maximum Gasteiger partial charge on any atom is 0.328 e. The van der Waals surface area contributed by atoms with E-state index >= 15 is 0 Å². The zero-order valence-electron chi connectivity index (χ0n) is 11.6. The molecule has 21 heavy (non-hydrogen) atoms. The monoisotopic (exact) mass is 287 g/mol. The molecule has 1 aliphatic heterocycles. The quantitative estimate of drug-likeness (QED) is 0.875. The fourth-order valence-corrected chi connectivity index (χ4v) is 2.28. The van der Waals surface area contributed by atoms with E-state index < -0.39 is 0 Å². The smallest absolute Gasteiger partial charge is 0.328 e. The molecule has 0 unspecified atom stereocenters. The van der Waals surface area contributed by atoms with Crippen LogP contribution in [0.3, 0.4) is 0 Å². The fourth-order valence-electron chi connectivity index (χ4n) is 2.28. The highest BCUT2D eigenvalue weighted by atomic mass is 16.5. The standard InChI is InChI=1S/C14H17N5O2/c15-12-16-13(19-6-1-2-7-19)18-14(17-12)21-11-5-3-4-10(8-11)9-20/h3-5,8,20H,1-2,6-7,9H2,(H2,15,16,17,18). The number of nitrogen functional groups attached to an aromatic ring is 1. The summed E-state index contributed by atoms with van der Waals surface area (Å²) in [7, 11) is 0. The first-order chi connectivity index (χ1) is 10.2. The van der Waals surface area contributed by atoms with Crippen molar-refractivity contribution < 1.29 is 9.84 Å². The third-order valence-corrected chi connectivity index (χ3v) is 3.30. The van der Waals surface area contributed by atoms with Gasteiger partial charge in [0.1, 0.15) is 5.75 Å². The molecule has 2 heterocycles. The van der Waals surface area contributed by atoms with E-state index in [0.29, 0.717) is 11.7 Å². The molecule has 1 saturated heterocycles. The number of anilines is 2. The maximum atomic E-state index is 9.14. The molecule has 0 spiro atoms. The summed E-state index contributed by atoms with van der Waals surface area (Å²) in [5.41, 5.74) is 6.49. The van der Waals surface area contributed by atoms with Crippen molar-refractivity contribution in [2.45, 2.75) is 19.4 Å². The molecule has 3 N–H and O–H groups in total. The summed E-state index contributed by atoms with van der Waals surface area (Å²) in [6.07, 6.45) is 2.25. The minimum Gasteiger partial charge on any atom is -0.424 e. The third-order valence-electron chi connectivity index (χ3n) is 3.30. The van der Waals surface area contributed by atoms with Crippen LogP contribution in [0.5, 0.6) is 11.8 Å². The van der Waals surface area contributed by atoms with E-state index in [1.807, 2.05) is 6.07 Å². The lowest BCUT2D eigenvalue weighted by atomic mass is 10.2. The van der Waals surface area contributed by atoms with Gasteiger partial charge in [-0.25, -0.2) is 0 Å². The largest absolute Gasteiger partial charge is 0.424 e. The topological polar surface area (TPSA) is 97.4 Å². The van der Waals surface area contributed by atoms with E-state index in [9.17, 15) is 0 Å². The molecule has 0 radical (unpaired) electrons. The Balaban J connectivity index is 1.84. The van der Waals surface area contributed by atoms with Gasteiger partial charge in [0.05, 0.1) is 6.61 Å². The van der Waals surface area contributed by atoms with Crippen molar-refractivity contribution in [3.63, 3.8) is 0 Å². The molecule has 7 nitrogen and oxygen atoms in total. The van der Waals surface area contributed by atoms with E-state index in [4.69, 9.17) is 15.6 Å². The van der Waals surface area contributed by atoms with Crippen LogP contribution >= 0.6 is 0 Å². The lowest BCUT2D eigenvalue weighted by Gasteiger charge is -2.15. The lowest BCUT2D eigenvalue weighted by Crippen LogP contribution is -2.21. The van der Waals surface area contributed by atoms with Crippen molar-refractivity contribution >= 4 is 11.9 Å². The Morgan fingerprint density at radius 3 is 2.76 bits per heavy atom.